The number of para-hydroxylation sites is 1. The standard InChI is InChI=1S/C24H23N5O2/c1-14-7-9-25-12-18(14)24(31)28-20-4-2-3-17-19(13-27-22(17)20)16-8-10-26-21(11-16)29-23(30)15-5-6-15/h2-4,7-13,15,21,26-27H,5-6H2,1H3,(H,28,31)(H,29,30). The highest BCUT2D eigenvalue weighted by Crippen LogP contribution is 2.32. The first-order valence-electron chi connectivity index (χ1n) is 10.4. The molecule has 2 amide bonds. The van der Waals surface area contributed by atoms with Gasteiger partial charge in [-0.2, -0.15) is 0 Å². The highest BCUT2D eigenvalue weighted by molar-refractivity contribution is 6.10. The molecule has 2 aliphatic rings. The summed E-state index contributed by atoms with van der Waals surface area (Å²) in [6, 6.07) is 7.62. The van der Waals surface area contributed by atoms with Crippen molar-refractivity contribution in [3.8, 4) is 0 Å². The minimum atomic E-state index is -0.241. The maximum absolute atomic E-state index is 12.8. The number of aryl methyl sites for hydroxylation is 1. The fourth-order valence-electron chi connectivity index (χ4n) is 3.79. The third-order valence-corrected chi connectivity index (χ3v) is 5.69. The van der Waals surface area contributed by atoms with Gasteiger partial charge in [-0.05, 0) is 61.4 Å². The van der Waals surface area contributed by atoms with Crippen LogP contribution in [0.2, 0.25) is 0 Å². The van der Waals surface area contributed by atoms with Gasteiger partial charge in [0, 0.05) is 35.5 Å². The number of H-pyrrole nitrogens is 1. The number of aromatic nitrogens is 2. The molecule has 0 radical (unpaired) electrons. The number of nitrogens with one attached hydrogen (secondary N) is 4. The van der Waals surface area contributed by atoms with E-state index in [4.69, 9.17) is 0 Å². The number of rotatable bonds is 5. The predicted molar refractivity (Wildman–Crippen MR) is 120 cm³/mol. The van der Waals surface area contributed by atoms with Crippen molar-refractivity contribution in [1.29, 1.82) is 0 Å². The Morgan fingerprint density at radius 2 is 2.06 bits per heavy atom. The first-order chi connectivity index (χ1) is 15.1. The molecule has 3 heterocycles. The quantitative estimate of drug-likeness (QED) is 0.515. The number of hydrogen-bond donors (Lipinski definition) is 4. The van der Waals surface area contributed by atoms with E-state index in [1.54, 1.807) is 12.4 Å². The normalized spacial score (nSPS) is 17.7. The molecule has 4 N–H and O–H groups in total. The molecule has 31 heavy (non-hydrogen) atoms. The average molecular weight is 413 g/mol. The van der Waals surface area contributed by atoms with Crippen LogP contribution in [0.15, 0.2) is 61.2 Å². The summed E-state index contributed by atoms with van der Waals surface area (Å²) in [5.74, 6) is 0.0587. The molecule has 1 atom stereocenters. The number of aromatic amines is 1. The molecule has 0 saturated heterocycles. The number of amides is 2. The number of fused-ring (bicyclic) bond motifs is 1. The molecule has 5 rings (SSSR count). The summed E-state index contributed by atoms with van der Waals surface area (Å²) >= 11 is 0. The van der Waals surface area contributed by atoms with E-state index in [0.29, 0.717) is 11.3 Å². The van der Waals surface area contributed by atoms with Crippen molar-refractivity contribution in [2.75, 3.05) is 5.32 Å². The molecule has 7 nitrogen and oxygen atoms in total. The van der Waals surface area contributed by atoms with Gasteiger partial charge in [-0.25, -0.2) is 0 Å². The molecule has 1 aliphatic carbocycles. The van der Waals surface area contributed by atoms with Crippen LogP contribution in [0.1, 0.15) is 34.3 Å². The number of pyridine rings is 1. The molecule has 1 aromatic carbocycles. The number of allylic oxidation sites excluding steroid dienone is 2. The van der Waals surface area contributed by atoms with Gasteiger partial charge in [0.15, 0.2) is 0 Å². The van der Waals surface area contributed by atoms with Crippen molar-refractivity contribution in [2.45, 2.75) is 25.9 Å². The Morgan fingerprint density at radius 1 is 1.19 bits per heavy atom. The minimum absolute atomic E-state index is 0.0954. The van der Waals surface area contributed by atoms with Crippen molar-refractivity contribution in [3.05, 3.63) is 77.9 Å². The Bertz CT molecular complexity index is 1240. The van der Waals surface area contributed by atoms with Crippen LogP contribution < -0.4 is 16.0 Å². The van der Waals surface area contributed by atoms with Gasteiger partial charge in [0.05, 0.1) is 16.8 Å². The second kappa shape index (κ2) is 7.75. The zero-order valence-electron chi connectivity index (χ0n) is 17.1. The van der Waals surface area contributed by atoms with Crippen LogP contribution in [-0.4, -0.2) is 27.9 Å². The number of anilines is 1. The van der Waals surface area contributed by atoms with Crippen LogP contribution in [0.3, 0.4) is 0 Å². The van der Waals surface area contributed by atoms with Crippen molar-refractivity contribution >= 4 is 34.0 Å². The fourth-order valence-corrected chi connectivity index (χ4v) is 3.79. The van der Waals surface area contributed by atoms with Crippen molar-refractivity contribution in [2.24, 2.45) is 5.92 Å². The summed E-state index contributed by atoms with van der Waals surface area (Å²) in [5, 5.41) is 10.2. The third-order valence-electron chi connectivity index (χ3n) is 5.69. The molecular formula is C24H23N5O2. The van der Waals surface area contributed by atoms with Gasteiger partial charge in [0.25, 0.3) is 5.91 Å². The van der Waals surface area contributed by atoms with E-state index < -0.39 is 0 Å². The molecular weight excluding hydrogens is 390 g/mol. The van der Waals surface area contributed by atoms with Gasteiger partial charge in [0.1, 0.15) is 6.17 Å². The highest BCUT2D eigenvalue weighted by Gasteiger charge is 2.30. The SMILES string of the molecule is Cc1ccncc1C(=O)Nc1cccc2c(C3=CC(NC(=O)C4CC4)NC=C3)c[nH]c12. The largest absolute Gasteiger partial charge is 0.368 e. The van der Waals surface area contributed by atoms with Crippen LogP contribution >= 0.6 is 0 Å². The van der Waals surface area contributed by atoms with Gasteiger partial charge in [-0.3, -0.25) is 14.6 Å². The topological polar surface area (TPSA) is 98.9 Å². The molecule has 1 aliphatic heterocycles. The van der Waals surface area contributed by atoms with Gasteiger partial charge < -0.3 is 20.9 Å². The van der Waals surface area contributed by atoms with Crippen molar-refractivity contribution in [3.63, 3.8) is 0 Å². The van der Waals surface area contributed by atoms with Gasteiger partial charge in [0.2, 0.25) is 5.91 Å². The molecule has 1 fully saturated rings. The zero-order valence-corrected chi connectivity index (χ0v) is 17.1. The minimum Gasteiger partial charge on any atom is -0.368 e. The van der Waals surface area contributed by atoms with Gasteiger partial charge in [-0.1, -0.05) is 12.1 Å². The van der Waals surface area contributed by atoms with E-state index in [2.05, 4.69) is 25.9 Å². The van der Waals surface area contributed by atoms with E-state index in [1.807, 2.05) is 55.7 Å². The Balaban J connectivity index is 1.42. The highest BCUT2D eigenvalue weighted by atomic mass is 16.2. The maximum atomic E-state index is 12.8. The second-order valence-corrected chi connectivity index (χ2v) is 7.96. The van der Waals surface area contributed by atoms with E-state index >= 15 is 0 Å². The molecule has 0 spiro atoms. The molecule has 2 aromatic heterocycles. The lowest BCUT2D eigenvalue weighted by Crippen LogP contribution is -2.43. The Hall–Kier alpha value is -3.87. The Labute approximate surface area is 179 Å². The summed E-state index contributed by atoms with van der Waals surface area (Å²) in [6.45, 7) is 1.89. The van der Waals surface area contributed by atoms with Crippen LogP contribution in [0.25, 0.3) is 16.5 Å². The summed E-state index contributed by atoms with van der Waals surface area (Å²) < 4.78 is 0. The molecule has 0 bridgehead atoms. The fraction of sp³-hybridized carbons (Fsp3) is 0.208. The number of benzene rings is 1. The summed E-state index contributed by atoms with van der Waals surface area (Å²) in [4.78, 5) is 32.2. The molecule has 1 unspecified atom stereocenters. The average Bonchev–Trinajstić information content (AvgIpc) is 3.53. The summed E-state index contributed by atoms with van der Waals surface area (Å²) in [6.07, 6.45) is 12.7. The smallest absolute Gasteiger partial charge is 0.257 e. The summed E-state index contributed by atoms with van der Waals surface area (Å²) in [7, 11) is 0. The lowest BCUT2D eigenvalue weighted by atomic mass is 10.0. The van der Waals surface area contributed by atoms with Gasteiger partial charge >= 0.3 is 0 Å². The first-order valence-corrected chi connectivity index (χ1v) is 10.4. The molecule has 3 aromatic rings. The molecule has 1 saturated carbocycles. The predicted octanol–water partition coefficient (Wildman–Crippen LogP) is 3.48. The monoisotopic (exact) mass is 413 g/mol. The third kappa shape index (κ3) is 3.82. The van der Waals surface area contributed by atoms with Crippen LogP contribution in [-0.2, 0) is 4.79 Å². The van der Waals surface area contributed by atoms with E-state index in [1.165, 1.54) is 0 Å². The maximum Gasteiger partial charge on any atom is 0.257 e. The number of carbonyl (C=O) groups excluding carboxylic acids is 2. The van der Waals surface area contributed by atoms with E-state index in [-0.39, 0.29) is 23.9 Å². The number of nitrogens with zero attached hydrogens (tertiary/aromatic N) is 1. The van der Waals surface area contributed by atoms with Crippen LogP contribution in [0.4, 0.5) is 5.69 Å². The van der Waals surface area contributed by atoms with E-state index in [0.717, 1.165) is 40.4 Å². The number of carbonyl (C=O) groups is 2. The number of hydrogen-bond acceptors (Lipinski definition) is 4. The Kier molecular flexibility index (Phi) is 4.78. The van der Waals surface area contributed by atoms with Gasteiger partial charge in [-0.15, -0.1) is 0 Å². The van der Waals surface area contributed by atoms with Crippen molar-refractivity contribution < 1.29 is 9.59 Å². The Morgan fingerprint density at radius 3 is 2.87 bits per heavy atom. The van der Waals surface area contributed by atoms with Crippen LogP contribution in [0.5, 0.6) is 0 Å². The number of dihydropyridines is 1. The molecule has 156 valence electrons. The lowest BCUT2D eigenvalue weighted by Gasteiger charge is -2.20. The zero-order chi connectivity index (χ0) is 21.4. The lowest BCUT2D eigenvalue weighted by molar-refractivity contribution is -0.122. The second-order valence-electron chi connectivity index (χ2n) is 7.96. The van der Waals surface area contributed by atoms with E-state index in [9.17, 15) is 9.59 Å². The molecule has 7 heteroatoms. The van der Waals surface area contributed by atoms with Crippen LogP contribution in [0, 0.1) is 12.8 Å². The summed E-state index contributed by atoms with van der Waals surface area (Å²) in [5.41, 5.74) is 4.97. The first kappa shape index (κ1) is 19.1. The van der Waals surface area contributed by atoms with Crippen molar-refractivity contribution in [1.82, 2.24) is 20.6 Å².